The van der Waals surface area contributed by atoms with E-state index in [9.17, 15) is 14.9 Å². The summed E-state index contributed by atoms with van der Waals surface area (Å²) in [6.07, 6.45) is 1.40. The predicted molar refractivity (Wildman–Crippen MR) is 101 cm³/mol. The van der Waals surface area contributed by atoms with Crippen molar-refractivity contribution < 1.29 is 19.2 Å². The lowest BCUT2D eigenvalue weighted by atomic mass is 10.2. The molecule has 0 unspecified atom stereocenters. The average molecular weight is 404 g/mol. The quantitative estimate of drug-likeness (QED) is 0.403. The minimum Gasteiger partial charge on any atom is -0.454 e. The number of carbonyl (C=O) groups is 1. The van der Waals surface area contributed by atoms with Gasteiger partial charge in [0.15, 0.2) is 11.5 Å². The predicted octanol–water partition coefficient (Wildman–Crippen LogP) is 3.96. The number of amides is 1. The largest absolute Gasteiger partial charge is 0.454 e. The average Bonchev–Trinajstić information content (AvgIpc) is 3.27. The van der Waals surface area contributed by atoms with Crippen LogP contribution in [-0.2, 0) is 0 Å². The third-order valence-electron chi connectivity index (χ3n) is 3.80. The van der Waals surface area contributed by atoms with E-state index in [-0.39, 0.29) is 12.5 Å². The van der Waals surface area contributed by atoms with E-state index in [1.54, 1.807) is 24.3 Å². The third-order valence-corrected chi connectivity index (χ3v) is 5.24. The van der Waals surface area contributed by atoms with Crippen LogP contribution in [0.1, 0.15) is 15.2 Å². The van der Waals surface area contributed by atoms with E-state index in [0.717, 1.165) is 4.70 Å². The summed E-state index contributed by atoms with van der Waals surface area (Å²) in [6, 6.07) is 9.32. The fraction of sp³-hybridized carbons (Fsp3) is 0.0588. The molecule has 3 aromatic rings. The van der Waals surface area contributed by atoms with E-state index in [1.807, 2.05) is 0 Å². The molecule has 2 aromatic carbocycles. The first kappa shape index (κ1) is 17.3. The highest BCUT2D eigenvalue weighted by Crippen LogP contribution is 2.36. The summed E-state index contributed by atoms with van der Waals surface area (Å²) in [5, 5.41) is 15.8. The van der Waals surface area contributed by atoms with Gasteiger partial charge in [-0.2, -0.15) is 5.10 Å². The molecule has 1 amide bonds. The molecule has 27 heavy (non-hydrogen) atoms. The first-order valence-corrected chi connectivity index (χ1v) is 8.81. The Labute approximate surface area is 161 Å². The number of thiophene rings is 1. The second-order valence-corrected chi connectivity index (χ2v) is 7.01. The van der Waals surface area contributed by atoms with E-state index in [2.05, 4.69) is 10.5 Å². The lowest BCUT2D eigenvalue weighted by Gasteiger charge is -2.01. The molecule has 8 nitrogen and oxygen atoms in total. The Kier molecular flexibility index (Phi) is 4.38. The molecular formula is C17H10ClN3O5S. The third kappa shape index (κ3) is 3.42. The topological polar surface area (TPSA) is 103 Å². The van der Waals surface area contributed by atoms with Gasteiger partial charge in [-0.05, 0) is 18.2 Å². The SMILES string of the molecule is O=C(N/N=C\c1cc2c(cc1Cl)OCO2)c1cc2cc([N+](=O)[O-])ccc2s1. The van der Waals surface area contributed by atoms with Gasteiger partial charge in [0.2, 0.25) is 6.79 Å². The van der Waals surface area contributed by atoms with Crippen molar-refractivity contribution in [1.29, 1.82) is 0 Å². The fourth-order valence-corrected chi connectivity index (χ4v) is 3.64. The van der Waals surface area contributed by atoms with Crippen LogP contribution < -0.4 is 14.9 Å². The molecule has 0 saturated carbocycles. The van der Waals surface area contributed by atoms with Crippen LogP contribution in [-0.4, -0.2) is 23.8 Å². The maximum atomic E-state index is 12.3. The van der Waals surface area contributed by atoms with Crippen LogP contribution >= 0.6 is 22.9 Å². The van der Waals surface area contributed by atoms with Crippen LogP contribution in [0.25, 0.3) is 10.1 Å². The molecule has 10 heteroatoms. The Hall–Kier alpha value is -3.17. The van der Waals surface area contributed by atoms with E-state index < -0.39 is 10.8 Å². The maximum absolute atomic E-state index is 12.3. The molecule has 0 fully saturated rings. The van der Waals surface area contributed by atoms with Crippen molar-refractivity contribution in [3.63, 3.8) is 0 Å². The number of nitro groups is 1. The Bertz CT molecular complexity index is 1110. The summed E-state index contributed by atoms with van der Waals surface area (Å²) in [6.45, 7) is 0.132. The highest BCUT2D eigenvalue weighted by molar-refractivity contribution is 7.20. The summed E-state index contributed by atoms with van der Waals surface area (Å²) < 4.78 is 11.3. The summed E-state index contributed by atoms with van der Waals surface area (Å²) in [5.74, 6) is 0.686. The molecule has 0 aliphatic carbocycles. The van der Waals surface area contributed by atoms with Crippen molar-refractivity contribution in [2.45, 2.75) is 0 Å². The van der Waals surface area contributed by atoms with E-state index in [4.69, 9.17) is 21.1 Å². The van der Waals surface area contributed by atoms with Gasteiger partial charge in [0.05, 0.1) is 21.0 Å². The molecule has 1 N–H and O–H groups in total. The molecule has 4 rings (SSSR count). The molecule has 0 saturated heterocycles. The van der Waals surface area contributed by atoms with Crippen molar-refractivity contribution in [2.75, 3.05) is 6.79 Å². The molecule has 1 aliphatic rings. The lowest BCUT2D eigenvalue weighted by Crippen LogP contribution is -2.16. The van der Waals surface area contributed by atoms with Crippen molar-refractivity contribution in [3.8, 4) is 11.5 Å². The van der Waals surface area contributed by atoms with Gasteiger partial charge in [0.25, 0.3) is 11.6 Å². The van der Waals surface area contributed by atoms with Gasteiger partial charge >= 0.3 is 0 Å². The summed E-state index contributed by atoms with van der Waals surface area (Å²) in [7, 11) is 0. The van der Waals surface area contributed by atoms with Crippen LogP contribution in [0.5, 0.6) is 11.5 Å². The zero-order valence-corrected chi connectivity index (χ0v) is 15.0. The smallest absolute Gasteiger partial charge is 0.281 e. The van der Waals surface area contributed by atoms with Crippen molar-refractivity contribution in [3.05, 3.63) is 62.0 Å². The lowest BCUT2D eigenvalue weighted by molar-refractivity contribution is -0.384. The monoisotopic (exact) mass is 403 g/mol. The number of ether oxygens (including phenoxy) is 2. The van der Waals surface area contributed by atoms with Crippen molar-refractivity contribution >= 4 is 50.8 Å². The first-order chi connectivity index (χ1) is 13.0. The summed E-state index contributed by atoms with van der Waals surface area (Å²) in [4.78, 5) is 23.0. The standard InChI is InChI=1S/C17H10ClN3O5S/c18-12-6-14-13(25-8-26-14)4-10(12)7-19-20-17(22)16-5-9-3-11(21(23)24)1-2-15(9)27-16/h1-7H,8H2,(H,20,22)/b19-7-. The number of nitro benzene ring substituents is 1. The van der Waals surface area contributed by atoms with Gasteiger partial charge in [-0.15, -0.1) is 11.3 Å². The second kappa shape index (κ2) is 6.86. The molecule has 1 aromatic heterocycles. The van der Waals surface area contributed by atoms with Crippen LogP contribution in [0.15, 0.2) is 41.5 Å². The molecule has 0 spiro atoms. The molecule has 0 atom stereocenters. The number of hydrogen-bond acceptors (Lipinski definition) is 7. The van der Waals surface area contributed by atoms with Crippen LogP contribution in [0.4, 0.5) is 5.69 Å². The van der Waals surface area contributed by atoms with E-state index >= 15 is 0 Å². The number of fused-ring (bicyclic) bond motifs is 2. The number of carbonyl (C=O) groups excluding carboxylic acids is 1. The molecule has 0 bridgehead atoms. The van der Waals surface area contributed by atoms with Crippen molar-refractivity contribution in [2.24, 2.45) is 5.10 Å². The number of nitrogens with one attached hydrogen (secondary N) is 1. The van der Waals surface area contributed by atoms with Crippen LogP contribution in [0.2, 0.25) is 5.02 Å². The minimum atomic E-state index is -0.476. The van der Waals surface area contributed by atoms with E-state index in [0.29, 0.717) is 32.3 Å². The normalized spacial score (nSPS) is 12.6. The highest BCUT2D eigenvalue weighted by atomic mass is 35.5. The van der Waals surface area contributed by atoms with E-state index in [1.165, 1.54) is 29.7 Å². The zero-order valence-electron chi connectivity index (χ0n) is 13.5. The van der Waals surface area contributed by atoms with Gasteiger partial charge in [-0.25, -0.2) is 5.43 Å². The number of hydrogen-bond donors (Lipinski definition) is 1. The Morgan fingerprint density at radius 3 is 2.81 bits per heavy atom. The van der Waals surface area contributed by atoms with Gasteiger partial charge in [-0.3, -0.25) is 14.9 Å². The molecule has 0 radical (unpaired) electrons. The van der Waals surface area contributed by atoms with Gasteiger partial charge in [-0.1, -0.05) is 11.6 Å². The molecular weight excluding hydrogens is 394 g/mol. The number of rotatable bonds is 4. The highest BCUT2D eigenvalue weighted by Gasteiger charge is 2.16. The number of nitrogens with zero attached hydrogens (tertiary/aromatic N) is 2. The van der Waals surface area contributed by atoms with Gasteiger partial charge < -0.3 is 9.47 Å². The van der Waals surface area contributed by atoms with Crippen LogP contribution in [0, 0.1) is 10.1 Å². The number of hydrazone groups is 1. The number of non-ortho nitro benzene ring substituents is 1. The summed E-state index contributed by atoms with van der Waals surface area (Å²) in [5.41, 5.74) is 2.95. The maximum Gasteiger partial charge on any atom is 0.281 e. The Morgan fingerprint density at radius 2 is 2.04 bits per heavy atom. The number of benzene rings is 2. The Balaban J connectivity index is 1.50. The fourth-order valence-electron chi connectivity index (χ4n) is 2.50. The summed E-state index contributed by atoms with van der Waals surface area (Å²) >= 11 is 7.36. The van der Waals surface area contributed by atoms with Gasteiger partial charge in [0, 0.05) is 33.8 Å². The zero-order chi connectivity index (χ0) is 19.0. The van der Waals surface area contributed by atoms with Crippen molar-refractivity contribution in [1.82, 2.24) is 5.43 Å². The Morgan fingerprint density at radius 1 is 1.26 bits per heavy atom. The minimum absolute atomic E-state index is 0.0253. The molecule has 2 heterocycles. The molecule has 136 valence electrons. The number of halogens is 1. The molecule has 1 aliphatic heterocycles. The van der Waals surface area contributed by atoms with Gasteiger partial charge in [0.1, 0.15) is 0 Å². The second-order valence-electron chi connectivity index (χ2n) is 5.52. The first-order valence-electron chi connectivity index (χ1n) is 7.62. The van der Waals surface area contributed by atoms with Crippen LogP contribution in [0.3, 0.4) is 0 Å².